The van der Waals surface area contributed by atoms with Crippen molar-refractivity contribution in [2.45, 2.75) is 25.8 Å². The van der Waals surface area contributed by atoms with Crippen molar-refractivity contribution in [3.05, 3.63) is 48.7 Å². The first-order chi connectivity index (χ1) is 10.8. The van der Waals surface area contributed by atoms with Crippen molar-refractivity contribution in [1.82, 2.24) is 25.1 Å². The summed E-state index contributed by atoms with van der Waals surface area (Å²) in [6, 6.07) is 8.20. The van der Waals surface area contributed by atoms with Gasteiger partial charge in [-0.15, -0.1) is 0 Å². The third kappa shape index (κ3) is 3.52. The van der Waals surface area contributed by atoms with Crippen LogP contribution in [0.3, 0.4) is 0 Å². The molecule has 2 heterocycles. The number of carbonyl (C=O) groups excluding carboxylic acids is 1. The zero-order valence-electron chi connectivity index (χ0n) is 12.3. The van der Waals surface area contributed by atoms with Crippen LogP contribution in [0.4, 0.5) is 0 Å². The van der Waals surface area contributed by atoms with Gasteiger partial charge in [-0.3, -0.25) is 9.48 Å². The molecule has 0 spiro atoms. The second kappa shape index (κ2) is 6.89. The molecule has 0 fully saturated rings. The number of carbonyl (C=O) groups is 1. The average Bonchev–Trinajstić information content (AvgIpc) is 3.17. The molecule has 0 bridgehead atoms. The Labute approximate surface area is 128 Å². The van der Waals surface area contributed by atoms with E-state index in [0.29, 0.717) is 13.0 Å². The van der Waals surface area contributed by atoms with Crippen molar-refractivity contribution in [1.29, 1.82) is 0 Å². The van der Waals surface area contributed by atoms with E-state index in [1.165, 1.54) is 17.3 Å². The van der Waals surface area contributed by atoms with Gasteiger partial charge >= 0.3 is 0 Å². The highest BCUT2D eigenvalue weighted by Crippen LogP contribution is 2.17. The summed E-state index contributed by atoms with van der Waals surface area (Å²) in [5.41, 5.74) is 2.37. The van der Waals surface area contributed by atoms with Gasteiger partial charge in [0.25, 0.3) is 0 Å². The van der Waals surface area contributed by atoms with E-state index in [4.69, 9.17) is 0 Å². The summed E-state index contributed by atoms with van der Waals surface area (Å²) in [6.07, 6.45) is 7.28. The van der Waals surface area contributed by atoms with E-state index in [1.807, 2.05) is 18.3 Å². The van der Waals surface area contributed by atoms with Crippen molar-refractivity contribution >= 4 is 16.8 Å². The molecule has 6 heteroatoms. The monoisotopic (exact) mass is 297 g/mol. The number of amides is 1. The highest BCUT2D eigenvalue weighted by Gasteiger charge is 2.05. The summed E-state index contributed by atoms with van der Waals surface area (Å²) < 4.78 is 1.74. The molecule has 0 atom stereocenters. The fourth-order valence-electron chi connectivity index (χ4n) is 2.51. The third-order valence-corrected chi connectivity index (χ3v) is 3.65. The first-order valence-electron chi connectivity index (χ1n) is 7.47. The SMILES string of the molecule is O=C(CCCn1cncn1)NCCc1c[nH]c2ccccc12. The van der Waals surface area contributed by atoms with E-state index in [0.717, 1.165) is 24.9 Å². The molecule has 0 aliphatic carbocycles. The Bertz CT molecular complexity index is 732. The number of fused-ring (bicyclic) bond motifs is 1. The summed E-state index contributed by atoms with van der Waals surface area (Å²) in [6.45, 7) is 1.37. The number of H-pyrrole nitrogens is 1. The summed E-state index contributed by atoms with van der Waals surface area (Å²) in [5.74, 6) is 0.0833. The van der Waals surface area contributed by atoms with Crippen LogP contribution in [0.25, 0.3) is 10.9 Å². The minimum Gasteiger partial charge on any atom is -0.361 e. The van der Waals surface area contributed by atoms with Gasteiger partial charge in [0.15, 0.2) is 0 Å². The van der Waals surface area contributed by atoms with E-state index in [9.17, 15) is 4.79 Å². The standard InChI is InChI=1S/C16H19N5O/c22-16(6-3-9-21-12-17-11-20-21)18-8-7-13-10-19-15-5-2-1-4-14(13)15/h1-2,4-5,10-12,19H,3,6-9H2,(H,18,22). The van der Waals surface area contributed by atoms with Crippen molar-refractivity contribution in [3.63, 3.8) is 0 Å². The molecule has 2 N–H and O–H groups in total. The van der Waals surface area contributed by atoms with Crippen LogP contribution in [0.2, 0.25) is 0 Å². The maximum Gasteiger partial charge on any atom is 0.220 e. The Morgan fingerprint density at radius 1 is 1.32 bits per heavy atom. The Hall–Kier alpha value is -2.63. The zero-order chi connectivity index (χ0) is 15.2. The van der Waals surface area contributed by atoms with Gasteiger partial charge in [-0.1, -0.05) is 18.2 Å². The molecule has 0 aliphatic heterocycles. The van der Waals surface area contributed by atoms with Crippen LogP contribution in [-0.2, 0) is 17.8 Å². The topological polar surface area (TPSA) is 75.6 Å². The van der Waals surface area contributed by atoms with E-state index in [-0.39, 0.29) is 5.91 Å². The first-order valence-corrected chi connectivity index (χ1v) is 7.47. The van der Waals surface area contributed by atoms with Crippen LogP contribution in [0.5, 0.6) is 0 Å². The molecule has 114 valence electrons. The first kappa shape index (κ1) is 14.3. The van der Waals surface area contributed by atoms with Gasteiger partial charge in [-0.05, 0) is 24.5 Å². The maximum absolute atomic E-state index is 11.8. The fourth-order valence-corrected chi connectivity index (χ4v) is 2.51. The Balaban J connectivity index is 1.40. The molecule has 3 aromatic rings. The smallest absolute Gasteiger partial charge is 0.220 e. The predicted octanol–water partition coefficient (Wildman–Crippen LogP) is 1.90. The van der Waals surface area contributed by atoms with Crippen molar-refractivity contribution in [2.75, 3.05) is 6.54 Å². The lowest BCUT2D eigenvalue weighted by molar-refractivity contribution is -0.121. The molecule has 0 unspecified atom stereocenters. The summed E-state index contributed by atoms with van der Waals surface area (Å²) in [7, 11) is 0. The quantitative estimate of drug-likeness (QED) is 0.699. The second-order valence-electron chi connectivity index (χ2n) is 5.22. The number of aromatic amines is 1. The molecule has 1 amide bonds. The Morgan fingerprint density at radius 3 is 3.09 bits per heavy atom. The average molecular weight is 297 g/mol. The van der Waals surface area contributed by atoms with Gasteiger partial charge in [0.05, 0.1) is 0 Å². The summed E-state index contributed by atoms with van der Waals surface area (Å²) >= 11 is 0. The number of hydrogen-bond acceptors (Lipinski definition) is 3. The van der Waals surface area contributed by atoms with E-state index < -0.39 is 0 Å². The highest BCUT2D eigenvalue weighted by molar-refractivity contribution is 5.83. The van der Waals surface area contributed by atoms with Crippen molar-refractivity contribution in [3.8, 4) is 0 Å². The zero-order valence-corrected chi connectivity index (χ0v) is 12.3. The van der Waals surface area contributed by atoms with Crippen molar-refractivity contribution < 1.29 is 4.79 Å². The molecule has 0 saturated carbocycles. The lowest BCUT2D eigenvalue weighted by Crippen LogP contribution is -2.25. The summed E-state index contributed by atoms with van der Waals surface area (Å²) in [4.78, 5) is 18.9. The molecule has 0 aliphatic rings. The number of aromatic nitrogens is 4. The van der Waals surface area contributed by atoms with Crippen LogP contribution in [-0.4, -0.2) is 32.2 Å². The minimum absolute atomic E-state index is 0.0833. The molecule has 3 rings (SSSR count). The molecule has 6 nitrogen and oxygen atoms in total. The second-order valence-corrected chi connectivity index (χ2v) is 5.22. The fraction of sp³-hybridized carbons (Fsp3) is 0.312. The lowest BCUT2D eigenvalue weighted by atomic mass is 10.1. The van der Waals surface area contributed by atoms with Crippen LogP contribution in [0, 0.1) is 0 Å². The van der Waals surface area contributed by atoms with E-state index in [2.05, 4.69) is 32.5 Å². The number of aryl methyl sites for hydroxylation is 1. The van der Waals surface area contributed by atoms with Crippen LogP contribution >= 0.6 is 0 Å². The molecule has 2 aromatic heterocycles. The molecule has 0 saturated heterocycles. The Kier molecular flexibility index (Phi) is 4.48. The number of rotatable bonds is 7. The molecule has 22 heavy (non-hydrogen) atoms. The van der Waals surface area contributed by atoms with Gasteiger partial charge in [0.2, 0.25) is 5.91 Å². The number of para-hydroxylation sites is 1. The number of benzene rings is 1. The number of nitrogens with zero attached hydrogens (tertiary/aromatic N) is 3. The van der Waals surface area contributed by atoms with Crippen LogP contribution in [0.1, 0.15) is 18.4 Å². The maximum atomic E-state index is 11.8. The third-order valence-electron chi connectivity index (χ3n) is 3.65. The van der Waals surface area contributed by atoms with Gasteiger partial charge in [-0.2, -0.15) is 5.10 Å². The molecule has 1 aromatic carbocycles. The van der Waals surface area contributed by atoms with E-state index >= 15 is 0 Å². The lowest BCUT2D eigenvalue weighted by Gasteiger charge is -2.05. The number of nitrogens with one attached hydrogen (secondary N) is 2. The molecule has 0 radical (unpaired) electrons. The van der Waals surface area contributed by atoms with Gasteiger partial charge in [0.1, 0.15) is 12.7 Å². The number of hydrogen-bond donors (Lipinski definition) is 2. The normalized spacial score (nSPS) is 10.9. The molecular weight excluding hydrogens is 278 g/mol. The van der Waals surface area contributed by atoms with Gasteiger partial charge in [0, 0.05) is 36.6 Å². The summed E-state index contributed by atoms with van der Waals surface area (Å²) in [5, 5.41) is 8.20. The van der Waals surface area contributed by atoms with Crippen LogP contribution in [0.15, 0.2) is 43.1 Å². The van der Waals surface area contributed by atoms with E-state index in [1.54, 1.807) is 11.0 Å². The van der Waals surface area contributed by atoms with Gasteiger partial charge < -0.3 is 10.3 Å². The van der Waals surface area contributed by atoms with Crippen LogP contribution < -0.4 is 5.32 Å². The van der Waals surface area contributed by atoms with Crippen molar-refractivity contribution in [2.24, 2.45) is 0 Å². The minimum atomic E-state index is 0.0833. The Morgan fingerprint density at radius 2 is 2.23 bits per heavy atom. The molecular formula is C16H19N5O. The van der Waals surface area contributed by atoms with Gasteiger partial charge in [-0.25, -0.2) is 4.98 Å². The predicted molar refractivity (Wildman–Crippen MR) is 84.3 cm³/mol. The largest absolute Gasteiger partial charge is 0.361 e. The highest BCUT2D eigenvalue weighted by atomic mass is 16.1.